The zero-order valence-electron chi connectivity index (χ0n) is 11.2. The van der Waals surface area contributed by atoms with Crippen LogP contribution in [0.25, 0.3) is 0 Å². The first-order valence-corrected chi connectivity index (χ1v) is 7.30. The molecule has 2 aliphatic rings. The third kappa shape index (κ3) is 4.23. The highest BCUT2D eigenvalue weighted by molar-refractivity contribution is 4.85. The van der Waals surface area contributed by atoms with Gasteiger partial charge in [0.1, 0.15) is 0 Å². The van der Waals surface area contributed by atoms with E-state index in [1.165, 1.54) is 45.2 Å². The lowest BCUT2D eigenvalue weighted by atomic mass is 9.85. The molecule has 0 aromatic heterocycles. The molecule has 3 nitrogen and oxygen atoms in total. The van der Waals surface area contributed by atoms with Gasteiger partial charge in [0.15, 0.2) is 0 Å². The average molecular weight is 240 g/mol. The molecular weight excluding hydrogens is 212 g/mol. The van der Waals surface area contributed by atoms with Crippen LogP contribution in [0.15, 0.2) is 0 Å². The van der Waals surface area contributed by atoms with Crippen LogP contribution in [0.5, 0.6) is 0 Å². The van der Waals surface area contributed by atoms with Gasteiger partial charge in [-0.25, -0.2) is 0 Å². The van der Waals surface area contributed by atoms with Crippen molar-refractivity contribution in [3.8, 4) is 0 Å². The minimum atomic E-state index is -0.404. The van der Waals surface area contributed by atoms with Crippen molar-refractivity contribution in [1.82, 2.24) is 10.2 Å². The lowest BCUT2D eigenvalue weighted by Crippen LogP contribution is -2.45. The van der Waals surface area contributed by atoms with Crippen LogP contribution < -0.4 is 5.32 Å². The molecule has 2 fully saturated rings. The summed E-state index contributed by atoms with van der Waals surface area (Å²) in [6.07, 6.45) is 8.35. The molecule has 2 rings (SSSR count). The van der Waals surface area contributed by atoms with Gasteiger partial charge in [-0.2, -0.15) is 0 Å². The highest BCUT2D eigenvalue weighted by Crippen LogP contribution is 2.27. The topological polar surface area (TPSA) is 35.5 Å². The smallest absolute Gasteiger partial charge is 0.0771 e. The van der Waals surface area contributed by atoms with E-state index in [9.17, 15) is 5.11 Å². The fourth-order valence-corrected chi connectivity index (χ4v) is 3.34. The van der Waals surface area contributed by atoms with Crippen LogP contribution >= 0.6 is 0 Å². The van der Waals surface area contributed by atoms with Crippen LogP contribution in [0.3, 0.4) is 0 Å². The second-order valence-corrected chi connectivity index (χ2v) is 6.19. The van der Waals surface area contributed by atoms with Gasteiger partial charge < -0.3 is 15.3 Å². The molecule has 0 aromatic carbocycles. The second kappa shape index (κ2) is 6.17. The van der Waals surface area contributed by atoms with Crippen molar-refractivity contribution in [2.24, 2.45) is 5.92 Å². The number of nitrogens with zero attached hydrogens (tertiary/aromatic N) is 1. The first-order valence-electron chi connectivity index (χ1n) is 7.30. The van der Waals surface area contributed by atoms with E-state index in [0.717, 1.165) is 31.8 Å². The van der Waals surface area contributed by atoms with Gasteiger partial charge in [-0.3, -0.25) is 0 Å². The predicted molar refractivity (Wildman–Crippen MR) is 71.1 cm³/mol. The highest BCUT2D eigenvalue weighted by atomic mass is 16.3. The summed E-state index contributed by atoms with van der Waals surface area (Å²) >= 11 is 0. The standard InChI is InChI=1S/C14H28N2O/c1-16-9-5-6-13(11-16)10-15-12-14(17)7-3-2-4-8-14/h13,15,17H,2-12H2,1H3. The summed E-state index contributed by atoms with van der Waals surface area (Å²) in [4.78, 5) is 2.42. The molecule has 1 unspecified atom stereocenters. The van der Waals surface area contributed by atoms with Gasteiger partial charge in [0.2, 0.25) is 0 Å². The molecule has 0 bridgehead atoms. The molecule has 3 heteroatoms. The Labute approximate surface area is 106 Å². The third-order valence-corrected chi connectivity index (χ3v) is 4.39. The molecule has 1 aliphatic heterocycles. The molecule has 0 aromatic rings. The molecule has 1 saturated carbocycles. The quantitative estimate of drug-likeness (QED) is 0.784. The van der Waals surface area contributed by atoms with E-state index < -0.39 is 5.60 Å². The van der Waals surface area contributed by atoms with E-state index in [-0.39, 0.29) is 0 Å². The maximum Gasteiger partial charge on any atom is 0.0771 e. The van der Waals surface area contributed by atoms with Crippen LogP contribution in [0.4, 0.5) is 0 Å². The van der Waals surface area contributed by atoms with Crippen LogP contribution in [0, 0.1) is 5.92 Å². The van der Waals surface area contributed by atoms with E-state index in [0.29, 0.717) is 0 Å². The Hall–Kier alpha value is -0.120. The Morgan fingerprint density at radius 3 is 2.71 bits per heavy atom. The van der Waals surface area contributed by atoms with Gasteiger partial charge in [0, 0.05) is 13.1 Å². The van der Waals surface area contributed by atoms with Crippen LogP contribution in [-0.2, 0) is 0 Å². The average Bonchev–Trinajstić information content (AvgIpc) is 2.30. The number of hydrogen-bond donors (Lipinski definition) is 2. The number of piperidine rings is 1. The zero-order chi connectivity index (χ0) is 12.1. The summed E-state index contributed by atoms with van der Waals surface area (Å²) < 4.78 is 0. The van der Waals surface area contributed by atoms with Crippen LogP contribution in [-0.4, -0.2) is 48.8 Å². The van der Waals surface area contributed by atoms with Gasteiger partial charge in [0.05, 0.1) is 5.60 Å². The number of aliphatic hydroxyl groups is 1. The molecule has 17 heavy (non-hydrogen) atoms. The summed E-state index contributed by atoms with van der Waals surface area (Å²) in [6.45, 7) is 4.34. The third-order valence-electron chi connectivity index (χ3n) is 4.39. The van der Waals surface area contributed by atoms with Crippen molar-refractivity contribution in [2.75, 3.05) is 33.2 Å². The summed E-state index contributed by atoms with van der Waals surface area (Å²) in [7, 11) is 2.21. The first-order chi connectivity index (χ1) is 8.18. The fraction of sp³-hybridized carbons (Fsp3) is 1.00. The van der Waals surface area contributed by atoms with Crippen molar-refractivity contribution >= 4 is 0 Å². The summed E-state index contributed by atoms with van der Waals surface area (Å²) in [5, 5.41) is 13.9. The van der Waals surface area contributed by atoms with Crippen molar-refractivity contribution in [2.45, 2.75) is 50.5 Å². The number of nitrogens with one attached hydrogen (secondary N) is 1. The lowest BCUT2D eigenvalue weighted by Gasteiger charge is -2.34. The van der Waals surface area contributed by atoms with Crippen molar-refractivity contribution < 1.29 is 5.11 Å². The SMILES string of the molecule is CN1CCCC(CNCC2(O)CCCCC2)C1. The molecule has 1 atom stereocenters. The summed E-state index contributed by atoms with van der Waals surface area (Å²) in [5.74, 6) is 0.779. The molecule has 1 heterocycles. The summed E-state index contributed by atoms with van der Waals surface area (Å²) in [5.41, 5.74) is -0.404. The van der Waals surface area contributed by atoms with Crippen molar-refractivity contribution in [3.63, 3.8) is 0 Å². The molecule has 1 aliphatic carbocycles. The Kier molecular flexibility index (Phi) is 4.83. The van der Waals surface area contributed by atoms with Crippen molar-refractivity contribution in [1.29, 1.82) is 0 Å². The van der Waals surface area contributed by atoms with E-state index in [2.05, 4.69) is 17.3 Å². The summed E-state index contributed by atoms with van der Waals surface area (Å²) in [6, 6.07) is 0. The Morgan fingerprint density at radius 2 is 2.00 bits per heavy atom. The monoisotopic (exact) mass is 240 g/mol. The molecule has 0 amide bonds. The van der Waals surface area contributed by atoms with Gasteiger partial charge in [-0.05, 0) is 51.7 Å². The van der Waals surface area contributed by atoms with Gasteiger partial charge in [-0.1, -0.05) is 19.3 Å². The van der Waals surface area contributed by atoms with E-state index in [4.69, 9.17) is 0 Å². The molecule has 100 valence electrons. The second-order valence-electron chi connectivity index (χ2n) is 6.19. The largest absolute Gasteiger partial charge is 0.389 e. The molecular formula is C14H28N2O. The Balaban J connectivity index is 1.64. The molecule has 0 radical (unpaired) electrons. The maximum absolute atomic E-state index is 10.4. The minimum absolute atomic E-state index is 0.404. The Bertz CT molecular complexity index is 226. The van der Waals surface area contributed by atoms with Crippen LogP contribution in [0.1, 0.15) is 44.9 Å². The van der Waals surface area contributed by atoms with Gasteiger partial charge in [-0.15, -0.1) is 0 Å². The van der Waals surface area contributed by atoms with Gasteiger partial charge in [0.25, 0.3) is 0 Å². The number of likely N-dealkylation sites (tertiary alicyclic amines) is 1. The van der Waals surface area contributed by atoms with Crippen molar-refractivity contribution in [3.05, 3.63) is 0 Å². The number of rotatable bonds is 4. The predicted octanol–water partition coefficient (Wildman–Crippen LogP) is 1.61. The highest BCUT2D eigenvalue weighted by Gasteiger charge is 2.28. The minimum Gasteiger partial charge on any atom is -0.389 e. The van der Waals surface area contributed by atoms with E-state index in [1.807, 2.05) is 0 Å². The zero-order valence-corrected chi connectivity index (χ0v) is 11.2. The molecule has 0 spiro atoms. The van der Waals surface area contributed by atoms with Gasteiger partial charge >= 0.3 is 0 Å². The first kappa shape index (κ1) is 13.3. The molecule has 2 N–H and O–H groups in total. The lowest BCUT2D eigenvalue weighted by molar-refractivity contribution is 0.00372. The fourth-order valence-electron chi connectivity index (χ4n) is 3.34. The Morgan fingerprint density at radius 1 is 1.24 bits per heavy atom. The maximum atomic E-state index is 10.4. The van der Waals surface area contributed by atoms with E-state index >= 15 is 0 Å². The van der Waals surface area contributed by atoms with E-state index in [1.54, 1.807) is 0 Å². The number of hydrogen-bond acceptors (Lipinski definition) is 3. The normalized spacial score (nSPS) is 30.4. The van der Waals surface area contributed by atoms with Crippen LogP contribution in [0.2, 0.25) is 0 Å². The molecule has 1 saturated heterocycles.